The van der Waals surface area contributed by atoms with E-state index in [1.54, 1.807) is 6.20 Å². The molecule has 1 aliphatic heterocycles. The predicted octanol–water partition coefficient (Wildman–Crippen LogP) is 2.23. The minimum Gasteiger partial charge on any atom is -0.349 e. The maximum atomic E-state index is 12.7. The fraction of sp³-hybridized carbons (Fsp3) is 0.444. The Morgan fingerprint density at radius 2 is 1.87 bits per heavy atom. The average molecular weight is 310 g/mol. The van der Waals surface area contributed by atoms with Crippen molar-refractivity contribution in [3.05, 3.63) is 47.8 Å². The summed E-state index contributed by atoms with van der Waals surface area (Å²) < 4.78 is 1.94. The Morgan fingerprint density at radius 3 is 2.57 bits per heavy atom. The molecule has 0 atom stereocenters. The van der Waals surface area contributed by atoms with Crippen LogP contribution in [0.5, 0.6) is 0 Å². The second-order valence-corrected chi connectivity index (χ2v) is 6.46. The van der Waals surface area contributed by atoms with Gasteiger partial charge in [-0.15, -0.1) is 0 Å². The maximum Gasteiger partial charge on any atom is 0.255 e. The molecule has 5 nitrogen and oxygen atoms in total. The first-order valence-corrected chi connectivity index (χ1v) is 8.48. The zero-order valence-corrected chi connectivity index (χ0v) is 13.2. The van der Waals surface area contributed by atoms with Gasteiger partial charge in [0, 0.05) is 12.0 Å². The van der Waals surface area contributed by atoms with E-state index in [2.05, 4.69) is 15.7 Å². The molecule has 2 aliphatic rings. The van der Waals surface area contributed by atoms with Gasteiger partial charge in [-0.3, -0.25) is 4.79 Å². The maximum absolute atomic E-state index is 12.7. The molecule has 2 heterocycles. The van der Waals surface area contributed by atoms with Crippen molar-refractivity contribution in [2.75, 3.05) is 13.1 Å². The van der Waals surface area contributed by atoms with Crippen LogP contribution in [0.3, 0.4) is 0 Å². The first-order valence-electron chi connectivity index (χ1n) is 8.48. The van der Waals surface area contributed by atoms with Crippen LogP contribution in [-0.2, 0) is 0 Å². The van der Waals surface area contributed by atoms with E-state index in [1.807, 2.05) is 35.0 Å². The van der Waals surface area contributed by atoms with E-state index in [9.17, 15) is 4.79 Å². The molecule has 0 spiro atoms. The van der Waals surface area contributed by atoms with Crippen molar-refractivity contribution in [1.29, 1.82) is 0 Å². The van der Waals surface area contributed by atoms with Crippen LogP contribution in [0.4, 0.5) is 0 Å². The number of nitrogens with zero attached hydrogens (tertiary/aromatic N) is 2. The van der Waals surface area contributed by atoms with Gasteiger partial charge in [0.25, 0.3) is 5.91 Å². The summed E-state index contributed by atoms with van der Waals surface area (Å²) in [6.07, 6.45) is 6.02. The third-order valence-corrected chi connectivity index (χ3v) is 4.69. The van der Waals surface area contributed by atoms with Gasteiger partial charge in [-0.05, 0) is 50.9 Å². The van der Waals surface area contributed by atoms with Crippen LogP contribution in [0, 0.1) is 0 Å². The first-order chi connectivity index (χ1) is 11.3. The fourth-order valence-electron chi connectivity index (χ4n) is 3.29. The van der Waals surface area contributed by atoms with Gasteiger partial charge in [-0.1, -0.05) is 18.2 Å². The first kappa shape index (κ1) is 14.5. The number of piperidine rings is 1. The molecule has 2 aromatic rings. The number of benzene rings is 1. The average Bonchev–Trinajstić information content (AvgIpc) is 3.34. The van der Waals surface area contributed by atoms with Crippen LogP contribution in [0.2, 0.25) is 0 Å². The highest BCUT2D eigenvalue weighted by molar-refractivity contribution is 5.95. The Hall–Kier alpha value is -2.14. The number of para-hydroxylation sites is 1. The molecule has 2 N–H and O–H groups in total. The van der Waals surface area contributed by atoms with Crippen molar-refractivity contribution in [1.82, 2.24) is 20.4 Å². The Labute approximate surface area is 136 Å². The van der Waals surface area contributed by atoms with Gasteiger partial charge in [-0.25, -0.2) is 4.68 Å². The highest BCUT2D eigenvalue weighted by atomic mass is 16.1. The molecule has 1 aromatic carbocycles. The highest BCUT2D eigenvalue weighted by Gasteiger charge is 2.33. The Balaban J connectivity index is 1.61. The van der Waals surface area contributed by atoms with Gasteiger partial charge in [0.2, 0.25) is 0 Å². The summed E-state index contributed by atoms with van der Waals surface area (Å²) in [7, 11) is 0. The standard InChI is InChI=1S/C18H22N4O/c23-18(21-14-8-10-19-11-9-14)16-12-20-22(17(16)13-6-7-13)15-4-2-1-3-5-15/h1-5,12-14,19H,6-11H2,(H,21,23). The number of hydrogen-bond donors (Lipinski definition) is 2. The summed E-state index contributed by atoms with van der Waals surface area (Å²) in [4.78, 5) is 12.7. The summed E-state index contributed by atoms with van der Waals surface area (Å²) in [6, 6.07) is 10.3. The second kappa shape index (κ2) is 6.16. The summed E-state index contributed by atoms with van der Waals surface area (Å²) in [5, 5.41) is 11.0. The van der Waals surface area contributed by atoms with E-state index >= 15 is 0 Å². The molecule has 5 heteroatoms. The number of carbonyl (C=O) groups is 1. The van der Waals surface area contributed by atoms with Gasteiger partial charge in [0.15, 0.2) is 0 Å². The number of rotatable bonds is 4. The summed E-state index contributed by atoms with van der Waals surface area (Å²) in [5.41, 5.74) is 2.84. The minimum atomic E-state index is 0.0287. The second-order valence-electron chi connectivity index (χ2n) is 6.46. The van der Waals surface area contributed by atoms with Crippen LogP contribution in [0.1, 0.15) is 47.7 Å². The van der Waals surface area contributed by atoms with E-state index in [0.717, 1.165) is 55.7 Å². The summed E-state index contributed by atoms with van der Waals surface area (Å²) in [5.74, 6) is 0.493. The van der Waals surface area contributed by atoms with Gasteiger partial charge < -0.3 is 10.6 Å². The number of carbonyl (C=O) groups excluding carboxylic acids is 1. The molecule has 0 unspecified atom stereocenters. The smallest absolute Gasteiger partial charge is 0.255 e. The van der Waals surface area contributed by atoms with Gasteiger partial charge in [0.05, 0.1) is 23.1 Å². The van der Waals surface area contributed by atoms with Crippen molar-refractivity contribution >= 4 is 5.91 Å². The van der Waals surface area contributed by atoms with E-state index < -0.39 is 0 Å². The van der Waals surface area contributed by atoms with Crippen LogP contribution in [0.15, 0.2) is 36.5 Å². The quantitative estimate of drug-likeness (QED) is 0.910. The summed E-state index contributed by atoms with van der Waals surface area (Å²) >= 11 is 0. The Bertz CT molecular complexity index is 684. The SMILES string of the molecule is O=C(NC1CCNCC1)c1cnn(-c2ccccc2)c1C1CC1. The molecule has 2 fully saturated rings. The van der Waals surface area contributed by atoms with Crippen molar-refractivity contribution < 1.29 is 4.79 Å². The normalized spacial score (nSPS) is 18.8. The van der Waals surface area contributed by atoms with Crippen molar-refractivity contribution in [2.45, 2.75) is 37.6 Å². The molecule has 120 valence electrons. The molecular formula is C18H22N4O. The fourth-order valence-corrected chi connectivity index (χ4v) is 3.29. The molecular weight excluding hydrogens is 288 g/mol. The van der Waals surface area contributed by atoms with Crippen LogP contribution < -0.4 is 10.6 Å². The number of aromatic nitrogens is 2. The summed E-state index contributed by atoms with van der Waals surface area (Å²) in [6.45, 7) is 1.95. The van der Waals surface area contributed by atoms with Crippen molar-refractivity contribution in [3.8, 4) is 5.69 Å². The lowest BCUT2D eigenvalue weighted by molar-refractivity contribution is 0.0928. The molecule has 0 radical (unpaired) electrons. The van der Waals surface area contributed by atoms with E-state index in [-0.39, 0.29) is 11.9 Å². The van der Waals surface area contributed by atoms with Gasteiger partial charge >= 0.3 is 0 Å². The predicted molar refractivity (Wildman–Crippen MR) is 88.9 cm³/mol. The number of hydrogen-bond acceptors (Lipinski definition) is 3. The zero-order chi connectivity index (χ0) is 15.6. The molecule has 1 amide bonds. The monoisotopic (exact) mass is 310 g/mol. The molecule has 1 aromatic heterocycles. The lowest BCUT2D eigenvalue weighted by Crippen LogP contribution is -2.42. The molecule has 1 aliphatic carbocycles. The van der Waals surface area contributed by atoms with Crippen LogP contribution in [-0.4, -0.2) is 34.8 Å². The highest BCUT2D eigenvalue weighted by Crippen LogP contribution is 2.42. The van der Waals surface area contributed by atoms with E-state index in [1.165, 1.54) is 0 Å². The molecule has 4 rings (SSSR count). The largest absolute Gasteiger partial charge is 0.349 e. The van der Waals surface area contributed by atoms with E-state index in [0.29, 0.717) is 5.92 Å². The van der Waals surface area contributed by atoms with Crippen LogP contribution in [0.25, 0.3) is 5.69 Å². The van der Waals surface area contributed by atoms with E-state index in [4.69, 9.17) is 0 Å². The Kier molecular flexibility index (Phi) is 3.87. The lowest BCUT2D eigenvalue weighted by atomic mass is 10.1. The minimum absolute atomic E-state index is 0.0287. The molecule has 1 saturated heterocycles. The lowest BCUT2D eigenvalue weighted by Gasteiger charge is -2.23. The zero-order valence-electron chi connectivity index (χ0n) is 13.2. The van der Waals surface area contributed by atoms with Gasteiger partial charge in [-0.2, -0.15) is 5.10 Å². The Morgan fingerprint density at radius 1 is 1.13 bits per heavy atom. The molecule has 0 bridgehead atoms. The number of amides is 1. The van der Waals surface area contributed by atoms with Crippen molar-refractivity contribution in [3.63, 3.8) is 0 Å². The number of nitrogens with one attached hydrogen (secondary N) is 2. The molecule has 23 heavy (non-hydrogen) atoms. The van der Waals surface area contributed by atoms with Gasteiger partial charge in [0.1, 0.15) is 0 Å². The van der Waals surface area contributed by atoms with Crippen molar-refractivity contribution in [2.24, 2.45) is 0 Å². The topological polar surface area (TPSA) is 59.0 Å². The third kappa shape index (κ3) is 3.01. The molecule has 1 saturated carbocycles. The third-order valence-electron chi connectivity index (χ3n) is 4.69. The van der Waals surface area contributed by atoms with Crippen LogP contribution >= 0.6 is 0 Å².